The Morgan fingerprint density at radius 3 is 2.03 bits per heavy atom. The van der Waals surface area contributed by atoms with Crippen LogP contribution in [-0.2, 0) is 14.4 Å². The molecule has 1 aliphatic rings. The van der Waals surface area contributed by atoms with Crippen molar-refractivity contribution in [2.75, 3.05) is 17.7 Å². The van der Waals surface area contributed by atoms with Crippen LogP contribution in [0.1, 0.15) is 24.8 Å². The average molecular weight is 489 g/mol. The Balaban J connectivity index is 1.81. The Kier molecular flexibility index (Phi) is 7.07. The molecule has 0 spiro atoms. The van der Waals surface area contributed by atoms with E-state index in [-0.39, 0.29) is 17.9 Å². The molecular formula is C28H28N2O6. The smallest absolute Gasteiger partial charge is 0.235 e. The van der Waals surface area contributed by atoms with Crippen molar-refractivity contribution in [2.45, 2.75) is 24.9 Å². The molecule has 4 rings (SSSR count). The molecule has 8 nitrogen and oxygen atoms in total. The minimum atomic E-state index is -1.74. The fraction of sp³-hybridized carbons (Fsp3) is 0.250. The number of ether oxygens (including phenoxy) is 1. The molecular weight excluding hydrogens is 460 g/mol. The largest absolute Gasteiger partial charge is 0.504 e. The van der Waals surface area contributed by atoms with Crippen LogP contribution < -0.4 is 15.4 Å². The van der Waals surface area contributed by atoms with Gasteiger partial charge in [-0.2, -0.15) is 0 Å². The molecule has 0 bridgehead atoms. The highest BCUT2D eigenvalue weighted by atomic mass is 16.5. The number of hydrogen-bond donors (Lipinski definition) is 4. The molecule has 0 aromatic heterocycles. The van der Waals surface area contributed by atoms with Gasteiger partial charge in [0, 0.05) is 23.7 Å². The Bertz CT molecular complexity index is 1260. The third-order valence-corrected chi connectivity index (χ3v) is 6.50. The number of Topliss-reactive ketones (excluding diaryl/α,β-unsaturated/α-hetero) is 1. The fourth-order valence-electron chi connectivity index (χ4n) is 4.88. The van der Waals surface area contributed by atoms with Crippen LogP contribution >= 0.6 is 0 Å². The number of nitrogens with one attached hydrogen (secondary N) is 2. The molecule has 0 unspecified atom stereocenters. The second-order valence-electron chi connectivity index (χ2n) is 9.12. The van der Waals surface area contributed by atoms with Crippen LogP contribution in [0.15, 0.2) is 78.9 Å². The molecule has 3 aromatic rings. The zero-order valence-corrected chi connectivity index (χ0v) is 20.0. The number of phenols is 1. The molecule has 186 valence electrons. The molecule has 2 amide bonds. The van der Waals surface area contributed by atoms with Gasteiger partial charge < -0.3 is 25.6 Å². The van der Waals surface area contributed by atoms with Gasteiger partial charge >= 0.3 is 0 Å². The van der Waals surface area contributed by atoms with E-state index in [4.69, 9.17) is 4.74 Å². The summed E-state index contributed by atoms with van der Waals surface area (Å²) in [5, 5.41) is 27.1. The molecule has 0 radical (unpaired) electrons. The highest BCUT2D eigenvalue weighted by Crippen LogP contribution is 2.47. The highest BCUT2D eigenvalue weighted by molar-refractivity contribution is 6.10. The predicted molar refractivity (Wildman–Crippen MR) is 135 cm³/mol. The van der Waals surface area contributed by atoms with Crippen LogP contribution in [0.4, 0.5) is 11.4 Å². The molecule has 4 N–H and O–H groups in total. The third kappa shape index (κ3) is 5.08. The summed E-state index contributed by atoms with van der Waals surface area (Å²) in [5.41, 5.74) is -0.322. The van der Waals surface area contributed by atoms with E-state index in [1.807, 2.05) is 0 Å². The molecule has 1 aliphatic carbocycles. The lowest BCUT2D eigenvalue weighted by molar-refractivity contribution is -0.150. The van der Waals surface area contributed by atoms with E-state index >= 15 is 0 Å². The number of para-hydroxylation sites is 2. The van der Waals surface area contributed by atoms with Crippen LogP contribution in [0.3, 0.4) is 0 Å². The summed E-state index contributed by atoms with van der Waals surface area (Å²) < 4.78 is 5.24. The Morgan fingerprint density at radius 2 is 1.47 bits per heavy atom. The first kappa shape index (κ1) is 24.9. The van der Waals surface area contributed by atoms with Crippen LogP contribution in [-0.4, -0.2) is 40.5 Å². The van der Waals surface area contributed by atoms with Crippen LogP contribution in [0, 0.1) is 11.8 Å². The summed E-state index contributed by atoms with van der Waals surface area (Å²) in [7, 11) is 1.38. The second-order valence-corrected chi connectivity index (χ2v) is 9.12. The molecule has 1 saturated carbocycles. The maximum absolute atomic E-state index is 13.6. The maximum Gasteiger partial charge on any atom is 0.235 e. The number of aromatic hydroxyl groups is 1. The van der Waals surface area contributed by atoms with Crippen molar-refractivity contribution in [3.05, 3.63) is 84.4 Å². The van der Waals surface area contributed by atoms with E-state index in [0.717, 1.165) is 0 Å². The molecule has 1 fully saturated rings. The van der Waals surface area contributed by atoms with Gasteiger partial charge in [-0.05, 0) is 48.9 Å². The van der Waals surface area contributed by atoms with Gasteiger partial charge in [-0.15, -0.1) is 0 Å². The zero-order chi connectivity index (χ0) is 25.9. The zero-order valence-electron chi connectivity index (χ0n) is 20.0. The van der Waals surface area contributed by atoms with Crippen molar-refractivity contribution in [3.63, 3.8) is 0 Å². The number of methoxy groups -OCH3 is 1. The number of carbonyl (C=O) groups excluding carboxylic acids is 3. The topological polar surface area (TPSA) is 125 Å². The molecule has 0 aliphatic heterocycles. The first-order chi connectivity index (χ1) is 17.2. The van der Waals surface area contributed by atoms with Gasteiger partial charge in [-0.3, -0.25) is 14.4 Å². The number of aliphatic hydroxyl groups is 1. The number of rotatable bonds is 6. The van der Waals surface area contributed by atoms with Crippen molar-refractivity contribution in [3.8, 4) is 11.5 Å². The number of carbonyl (C=O) groups is 3. The summed E-state index contributed by atoms with van der Waals surface area (Å²) in [6.45, 7) is 1.43. The number of amides is 2. The third-order valence-electron chi connectivity index (χ3n) is 6.50. The molecule has 8 heteroatoms. The molecule has 36 heavy (non-hydrogen) atoms. The second kappa shape index (κ2) is 10.2. The normalized spacial score (nSPS) is 23.5. The van der Waals surface area contributed by atoms with Crippen LogP contribution in [0.25, 0.3) is 0 Å². The van der Waals surface area contributed by atoms with Crippen molar-refractivity contribution in [2.24, 2.45) is 11.8 Å². The van der Waals surface area contributed by atoms with E-state index in [9.17, 15) is 24.6 Å². The van der Waals surface area contributed by atoms with E-state index in [1.165, 1.54) is 32.2 Å². The number of phenolic OH excluding ortho intramolecular Hbond substituents is 1. The fourth-order valence-corrected chi connectivity index (χ4v) is 4.88. The minimum absolute atomic E-state index is 0.120. The monoisotopic (exact) mass is 488 g/mol. The van der Waals surface area contributed by atoms with Gasteiger partial charge in [0.1, 0.15) is 11.7 Å². The van der Waals surface area contributed by atoms with Gasteiger partial charge in [0.15, 0.2) is 11.5 Å². The molecule has 0 saturated heterocycles. The summed E-state index contributed by atoms with van der Waals surface area (Å²) >= 11 is 0. The predicted octanol–water partition coefficient (Wildman–Crippen LogP) is 3.72. The SMILES string of the molecule is COc1cc([C@@H]2[C@@H](C(=O)Nc3ccccc3)C(=O)C[C@@](C)(O)[C@@H]2C(=O)Nc2ccccc2)ccc1O. The van der Waals surface area contributed by atoms with Crippen molar-refractivity contribution in [1.82, 2.24) is 0 Å². The van der Waals surface area contributed by atoms with E-state index in [1.54, 1.807) is 60.7 Å². The van der Waals surface area contributed by atoms with Crippen LogP contribution in [0.5, 0.6) is 11.5 Å². The summed E-state index contributed by atoms with van der Waals surface area (Å²) in [6.07, 6.45) is -0.377. The van der Waals surface area contributed by atoms with Crippen LogP contribution in [0.2, 0.25) is 0 Å². The number of hydrogen-bond acceptors (Lipinski definition) is 6. The first-order valence-corrected chi connectivity index (χ1v) is 11.5. The van der Waals surface area contributed by atoms with Gasteiger partial charge in [0.05, 0.1) is 18.6 Å². The Morgan fingerprint density at radius 1 is 0.917 bits per heavy atom. The summed E-state index contributed by atoms with van der Waals surface area (Å²) in [5.74, 6) is -5.11. The van der Waals surface area contributed by atoms with Gasteiger partial charge in [-0.25, -0.2) is 0 Å². The lowest BCUT2D eigenvalue weighted by Gasteiger charge is -2.44. The standard InChI is InChI=1S/C28H28N2O6/c1-28(35)16-21(32)24(26(33)29-18-9-5-3-6-10-18)23(17-13-14-20(31)22(15-17)36-2)25(28)27(34)30-19-11-7-4-8-12-19/h3-15,23-25,31,35H,16H2,1-2H3,(H,29,33)(H,30,34)/t23-,24+,25+,28-/m1/s1. The Labute approximate surface area is 208 Å². The van der Waals surface area contributed by atoms with Gasteiger partial charge in [-0.1, -0.05) is 42.5 Å². The number of anilines is 2. The van der Waals surface area contributed by atoms with E-state index < -0.39 is 41.0 Å². The minimum Gasteiger partial charge on any atom is -0.504 e. The average Bonchev–Trinajstić information content (AvgIpc) is 2.84. The lowest BCUT2D eigenvalue weighted by Crippen LogP contribution is -2.56. The lowest BCUT2D eigenvalue weighted by atomic mass is 9.61. The summed E-state index contributed by atoms with van der Waals surface area (Å²) in [6, 6.07) is 21.8. The molecule has 0 heterocycles. The Hall–Kier alpha value is -4.17. The first-order valence-electron chi connectivity index (χ1n) is 11.5. The molecule has 3 aromatic carbocycles. The number of benzene rings is 3. The van der Waals surface area contributed by atoms with Crippen molar-refractivity contribution < 1.29 is 29.3 Å². The van der Waals surface area contributed by atoms with Gasteiger partial charge in [0.25, 0.3) is 0 Å². The maximum atomic E-state index is 13.6. The van der Waals surface area contributed by atoms with Crippen molar-refractivity contribution in [1.29, 1.82) is 0 Å². The van der Waals surface area contributed by atoms with E-state index in [0.29, 0.717) is 16.9 Å². The quantitative estimate of drug-likeness (QED) is 0.392. The van der Waals surface area contributed by atoms with E-state index in [2.05, 4.69) is 10.6 Å². The highest BCUT2D eigenvalue weighted by Gasteiger charge is 2.56. The van der Waals surface area contributed by atoms with Gasteiger partial charge in [0.2, 0.25) is 11.8 Å². The molecule has 4 atom stereocenters. The summed E-state index contributed by atoms with van der Waals surface area (Å²) in [4.78, 5) is 40.5. The number of ketones is 1. The van der Waals surface area contributed by atoms with Crippen molar-refractivity contribution >= 4 is 29.0 Å².